The average molecular weight is 599 g/mol. The van der Waals surface area contributed by atoms with Gasteiger partial charge in [-0.1, -0.05) is 43.7 Å². The molecular formula is C32H46N4O7. The van der Waals surface area contributed by atoms with Crippen molar-refractivity contribution in [1.82, 2.24) is 20.1 Å². The number of carbonyl (C=O) groups excluding carboxylic acids is 3. The minimum Gasteiger partial charge on any atom is -0.460 e. The van der Waals surface area contributed by atoms with Crippen molar-refractivity contribution in [2.24, 2.45) is 11.8 Å². The van der Waals surface area contributed by atoms with Crippen LogP contribution in [-0.4, -0.2) is 102 Å². The van der Waals surface area contributed by atoms with E-state index in [0.717, 1.165) is 18.7 Å². The maximum atomic E-state index is 13.6. The second-order valence-electron chi connectivity index (χ2n) is 11.8. The number of aliphatic hydroxyl groups excluding tert-OH is 1. The van der Waals surface area contributed by atoms with Gasteiger partial charge in [0.25, 0.3) is 5.91 Å². The molecule has 11 heteroatoms. The van der Waals surface area contributed by atoms with Gasteiger partial charge in [-0.2, -0.15) is 0 Å². The summed E-state index contributed by atoms with van der Waals surface area (Å²) in [5, 5.41) is 13.2. The van der Waals surface area contributed by atoms with Crippen molar-refractivity contribution in [3.05, 3.63) is 53.8 Å². The minimum absolute atomic E-state index is 0.0315. The van der Waals surface area contributed by atoms with Crippen LogP contribution in [-0.2, 0) is 25.5 Å². The Kier molecular flexibility index (Phi) is 12.1. The number of oxazole rings is 1. The third-order valence-corrected chi connectivity index (χ3v) is 8.21. The Labute approximate surface area is 254 Å². The zero-order valence-corrected chi connectivity index (χ0v) is 25.6. The molecule has 0 saturated carbocycles. The Morgan fingerprint density at radius 2 is 1.91 bits per heavy atom. The lowest BCUT2D eigenvalue weighted by Crippen LogP contribution is -2.46. The molecule has 11 nitrogen and oxygen atoms in total. The topological polar surface area (TPSA) is 134 Å². The fourth-order valence-electron chi connectivity index (χ4n) is 5.89. The predicted octanol–water partition coefficient (Wildman–Crippen LogP) is 2.67. The Morgan fingerprint density at radius 1 is 1.12 bits per heavy atom. The van der Waals surface area contributed by atoms with Gasteiger partial charge >= 0.3 is 5.97 Å². The first kappa shape index (κ1) is 32.6. The smallest absolute Gasteiger partial charge is 0.329 e. The van der Waals surface area contributed by atoms with E-state index in [1.807, 2.05) is 26.0 Å². The number of rotatable bonds is 3. The van der Waals surface area contributed by atoms with E-state index in [2.05, 4.69) is 22.1 Å². The van der Waals surface area contributed by atoms with Crippen molar-refractivity contribution in [3.63, 3.8) is 0 Å². The number of nitrogens with one attached hydrogen (secondary N) is 1. The molecule has 236 valence electrons. The molecule has 2 saturated heterocycles. The van der Waals surface area contributed by atoms with Gasteiger partial charge in [-0.05, 0) is 38.7 Å². The van der Waals surface area contributed by atoms with Crippen LogP contribution in [0.25, 0.3) is 0 Å². The van der Waals surface area contributed by atoms with Gasteiger partial charge in [-0.3, -0.25) is 14.5 Å². The summed E-state index contributed by atoms with van der Waals surface area (Å²) in [5.41, 5.74) is 1.04. The first-order valence-electron chi connectivity index (χ1n) is 15.5. The zero-order valence-electron chi connectivity index (χ0n) is 25.6. The number of carbonyl (C=O) groups is 3. The highest BCUT2D eigenvalue weighted by molar-refractivity contribution is 5.95. The molecule has 0 aliphatic carbocycles. The molecule has 1 aromatic heterocycles. The third-order valence-electron chi connectivity index (χ3n) is 8.21. The van der Waals surface area contributed by atoms with Crippen LogP contribution in [0.1, 0.15) is 62.8 Å². The van der Waals surface area contributed by atoms with E-state index in [-0.39, 0.29) is 29.3 Å². The number of fused-ring (bicyclic) bond motifs is 3. The van der Waals surface area contributed by atoms with Crippen molar-refractivity contribution in [1.29, 1.82) is 0 Å². The van der Waals surface area contributed by atoms with Crippen LogP contribution in [0.4, 0.5) is 0 Å². The molecule has 0 aromatic carbocycles. The molecule has 3 aliphatic rings. The summed E-state index contributed by atoms with van der Waals surface area (Å²) in [6, 6.07) is -0.719. The summed E-state index contributed by atoms with van der Waals surface area (Å²) >= 11 is 0. The number of amides is 2. The Bertz CT molecular complexity index is 1190. The molecule has 0 spiro atoms. The average Bonchev–Trinajstić information content (AvgIpc) is 3.67. The van der Waals surface area contributed by atoms with E-state index in [9.17, 15) is 19.5 Å². The molecule has 2 fully saturated rings. The number of allylic oxidation sites excluding steroid dienone is 2. The highest BCUT2D eigenvalue weighted by Crippen LogP contribution is 2.26. The van der Waals surface area contributed by atoms with Crippen LogP contribution in [0.5, 0.6) is 0 Å². The number of hydrogen-bond acceptors (Lipinski definition) is 9. The van der Waals surface area contributed by atoms with Crippen LogP contribution in [0, 0.1) is 11.8 Å². The van der Waals surface area contributed by atoms with Crippen molar-refractivity contribution >= 4 is 17.8 Å². The zero-order chi connectivity index (χ0) is 30.8. The lowest BCUT2D eigenvalue weighted by molar-refractivity contribution is -0.159. The van der Waals surface area contributed by atoms with Crippen molar-refractivity contribution in [3.8, 4) is 0 Å². The van der Waals surface area contributed by atoms with Crippen molar-refractivity contribution in [2.45, 2.75) is 71.1 Å². The van der Waals surface area contributed by atoms with E-state index in [1.54, 1.807) is 12.2 Å². The molecule has 43 heavy (non-hydrogen) atoms. The molecule has 2 bridgehead atoms. The van der Waals surface area contributed by atoms with Crippen molar-refractivity contribution in [2.75, 3.05) is 45.9 Å². The lowest BCUT2D eigenvalue weighted by Gasteiger charge is -2.35. The van der Waals surface area contributed by atoms with Crippen LogP contribution >= 0.6 is 0 Å². The largest absolute Gasteiger partial charge is 0.460 e. The van der Waals surface area contributed by atoms with E-state index in [0.29, 0.717) is 70.8 Å². The van der Waals surface area contributed by atoms with E-state index in [4.69, 9.17) is 13.9 Å². The maximum Gasteiger partial charge on any atom is 0.329 e. The number of nitrogens with zero attached hydrogens (tertiary/aromatic N) is 3. The number of aryl methyl sites for hydroxylation is 1. The van der Waals surface area contributed by atoms with Gasteiger partial charge in [0.2, 0.25) is 5.91 Å². The summed E-state index contributed by atoms with van der Waals surface area (Å²) in [7, 11) is 0. The first-order chi connectivity index (χ1) is 20.7. The minimum atomic E-state index is -0.719. The van der Waals surface area contributed by atoms with E-state index < -0.39 is 24.2 Å². The fraction of sp³-hybridized carbons (Fsp3) is 0.625. The Morgan fingerprint density at radius 3 is 2.70 bits per heavy atom. The molecule has 2 amide bonds. The normalized spacial score (nSPS) is 30.8. The van der Waals surface area contributed by atoms with Crippen LogP contribution in [0.2, 0.25) is 0 Å². The number of hydrogen-bond donors (Lipinski definition) is 2. The van der Waals surface area contributed by atoms with Gasteiger partial charge in [0.1, 0.15) is 18.4 Å². The monoisotopic (exact) mass is 598 g/mol. The number of aliphatic hydroxyl groups is 1. The molecule has 4 heterocycles. The van der Waals surface area contributed by atoms with E-state index in [1.165, 1.54) is 17.2 Å². The standard InChI is InChI=1S/C32H46N4O7/c1-22-7-5-13-33-28(38)12-11-23(2)30(24(3)20-35-15-17-41-18-16-35)43-32(40)27-9-6-14-36(27)31(39)26-21-42-29(34-26)10-4-8-25(37)19-22/h5,7,11-12,19,21,23-25,27,30,37H,4,6,8-10,13-18,20H2,1-3H3,(H,33,38)/b7-5+,12-11+,22-19+. The Hall–Kier alpha value is -3.28. The third kappa shape index (κ3) is 9.61. The quantitative estimate of drug-likeness (QED) is 0.504. The molecule has 3 aliphatic heterocycles. The lowest BCUT2D eigenvalue weighted by atomic mass is 9.92. The number of esters is 1. The number of aromatic nitrogens is 1. The second kappa shape index (κ2) is 16.0. The summed E-state index contributed by atoms with van der Waals surface area (Å²) < 4.78 is 17.2. The number of morpholine rings is 1. The summed E-state index contributed by atoms with van der Waals surface area (Å²) in [4.78, 5) is 47.8. The molecule has 4 rings (SSSR count). The predicted molar refractivity (Wildman–Crippen MR) is 160 cm³/mol. The molecule has 5 unspecified atom stereocenters. The van der Waals surface area contributed by atoms with Gasteiger partial charge in [0.05, 0.1) is 19.3 Å². The maximum absolute atomic E-state index is 13.6. The summed E-state index contributed by atoms with van der Waals surface area (Å²) in [6.07, 6.45) is 11.7. The number of ether oxygens (including phenoxy) is 2. The van der Waals surface area contributed by atoms with Gasteiger partial charge in [-0.25, -0.2) is 9.78 Å². The van der Waals surface area contributed by atoms with Gasteiger partial charge in [-0.15, -0.1) is 0 Å². The molecule has 1 aromatic rings. The van der Waals surface area contributed by atoms with Crippen LogP contribution in [0.3, 0.4) is 0 Å². The number of cyclic esters (lactones) is 1. The first-order valence-corrected chi connectivity index (χ1v) is 15.5. The Balaban J connectivity index is 1.55. The molecule has 0 radical (unpaired) electrons. The van der Waals surface area contributed by atoms with Crippen LogP contribution < -0.4 is 5.32 Å². The van der Waals surface area contributed by atoms with E-state index >= 15 is 0 Å². The van der Waals surface area contributed by atoms with Gasteiger partial charge in [0, 0.05) is 51.0 Å². The second-order valence-corrected chi connectivity index (χ2v) is 11.8. The van der Waals surface area contributed by atoms with Crippen molar-refractivity contribution < 1.29 is 33.4 Å². The SMILES string of the molecule is CC1=C\C(O)CCCc2nc(co2)C(=O)N2CCCC2C(=O)OC(C(C)CN2CCOCC2)C(C)/C=C/C(=O)NC\C=C\1. The summed E-state index contributed by atoms with van der Waals surface area (Å²) in [5.74, 6) is -0.920. The fourth-order valence-corrected chi connectivity index (χ4v) is 5.89. The molecular weight excluding hydrogens is 552 g/mol. The molecule has 5 atom stereocenters. The summed E-state index contributed by atoms with van der Waals surface area (Å²) in [6.45, 7) is 10.3. The highest BCUT2D eigenvalue weighted by atomic mass is 16.5. The van der Waals surface area contributed by atoms with Gasteiger partial charge in [0.15, 0.2) is 11.6 Å². The molecule has 2 N–H and O–H groups in total. The highest BCUT2D eigenvalue weighted by Gasteiger charge is 2.39. The van der Waals surface area contributed by atoms with Crippen LogP contribution in [0.15, 0.2) is 46.6 Å². The van der Waals surface area contributed by atoms with Gasteiger partial charge < -0.3 is 29.2 Å².